The highest BCUT2D eigenvalue weighted by Crippen LogP contribution is 2.31. The largest absolute Gasteiger partial charge is 0.497 e. The topological polar surface area (TPSA) is 98.0 Å². The van der Waals surface area contributed by atoms with Crippen molar-refractivity contribution >= 4 is 16.0 Å². The van der Waals surface area contributed by atoms with Crippen LogP contribution in [0, 0.1) is 0 Å². The van der Waals surface area contributed by atoms with E-state index in [9.17, 15) is 8.42 Å². The maximum absolute atomic E-state index is 13.0. The minimum Gasteiger partial charge on any atom is -0.497 e. The molecule has 1 aliphatic rings. The second kappa shape index (κ2) is 7.50. The number of hydrogen-bond acceptors (Lipinski definition) is 8. The van der Waals surface area contributed by atoms with Gasteiger partial charge in [-0.25, -0.2) is 8.42 Å². The highest BCUT2D eigenvalue weighted by atomic mass is 32.2. The van der Waals surface area contributed by atoms with Crippen molar-refractivity contribution in [2.75, 3.05) is 45.3 Å². The summed E-state index contributed by atoms with van der Waals surface area (Å²) in [7, 11) is -0.771. The van der Waals surface area contributed by atoms with Crippen molar-refractivity contribution in [3.8, 4) is 11.5 Å². The number of ether oxygens (including phenoxy) is 2. The van der Waals surface area contributed by atoms with E-state index in [2.05, 4.69) is 10.2 Å². The van der Waals surface area contributed by atoms with Gasteiger partial charge in [-0.3, -0.25) is 0 Å². The van der Waals surface area contributed by atoms with E-state index in [1.807, 2.05) is 11.8 Å². The zero-order valence-electron chi connectivity index (χ0n) is 15.0. The van der Waals surface area contributed by atoms with E-state index >= 15 is 0 Å². The average molecular weight is 382 g/mol. The lowest BCUT2D eigenvalue weighted by atomic mass is 10.3. The summed E-state index contributed by atoms with van der Waals surface area (Å²) in [6.45, 7) is 3.50. The van der Waals surface area contributed by atoms with E-state index in [1.165, 1.54) is 24.6 Å². The molecule has 1 aromatic carbocycles. The maximum atomic E-state index is 13.0. The minimum absolute atomic E-state index is 0.0962. The zero-order chi connectivity index (χ0) is 18.7. The first-order chi connectivity index (χ1) is 12.5. The molecule has 0 atom stereocenters. The van der Waals surface area contributed by atoms with E-state index in [0.717, 1.165) is 0 Å². The first-order valence-electron chi connectivity index (χ1n) is 8.29. The van der Waals surface area contributed by atoms with Gasteiger partial charge in [-0.15, -0.1) is 5.10 Å². The van der Waals surface area contributed by atoms with Gasteiger partial charge in [0.15, 0.2) is 0 Å². The lowest BCUT2D eigenvalue weighted by Gasteiger charge is -2.33. The predicted octanol–water partition coefficient (Wildman–Crippen LogP) is 1.16. The SMILES string of the molecule is CCc1nnc(N2CCN(S(=O)(=O)c3cc(OC)ccc3OC)CC2)o1. The normalized spacial score (nSPS) is 15.9. The third kappa shape index (κ3) is 3.47. The minimum atomic E-state index is -3.71. The molecule has 0 spiro atoms. The van der Waals surface area contributed by atoms with Crippen molar-refractivity contribution in [2.45, 2.75) is 18.2 Å². The van der Waals surface area contributed by atoms with Crippen LogP contribution in [-0.4, -0.2) is 63.3 Å². The van der Waals surface area contributed by atoms with Gasteiger partial charge in [0.25, 0.3) is 0 Å². The summed E-state index contributed by atoms with van der Waals surface area (Å²) in [6, 6.07) is 5.16. The molecule has 2 heterocycles. The van der Waals surface area contributed by atoms with Crippen molar-refractivity contribution in [2.24, 2.45) is 0 Å². The standard InChI is InChI=1S/C16H22N4O5S/c1-4-15-17-18-16(25-15)19-7-9-20(10-8-19)26(21,22)14-11-12(23-2)5-6-13(14)24-3/h5-6,11H,4,7-10H2,1-3H3. The Hall–Kier alpha value is -2.33. The summed E-state index contributed by atoms with van der Waals surface area (Å²) in [5.41, 5.74) is 0. The molecular weight excluding hydrogens is 360 g/mol. The van der Waals surface area contributed by atoms with Crippen molar-refractivity contribution < 1.29 is 22.3 Å². The van der Waals surface area contributed by atoms with Gasteiger partial charge in [-0.1, -0.05) is 12.0 Å². The molecule has 1 aromatic heterocycles. The van der Waals surface area contributed by atoms with Crippen LogP contribution < -0.4 is 14.4 Å². The zero-order valence-corrected chi connectivity index (χ0v) is 15.8. The molecule has 142 valence electrons. The number of benzene rings is 1. The van der Waals surface area contributed by atoms with Crippen LogP contribution in [-0.2, 0) is 16.4 Å². The van der Waals surface area contributed by atoms with Crippen LogP contribution >= 0.6 is 0 Å². The van der Waals surface area contributed by atoms with E-state index in [1.54, 1.807) is 12.1 Å². The number of aromatic nitrogens is 2. The predicted molar refractivity (Wildman–Crippen MR) is 94.2 cm³/mol. The van der Waals surface area contributed by atoms with Crippen LogP contribution in [0.4, 0.5) is 6.01 Å². The molecule has 0 aliphatic carbocycles. The summed E-state index contributed by atoms with van der Waals surface area (Å²) in [6.07, 6.45) is 0.664. The molecule has 0 amide bonds. The number of anilines is 1. The number of aryl methyl sites for hydroxylation is 1. The highest BCUT2D eigenvalue weighted by Gasteiger charge is 2.32. The first-order valence-corrected chi connectivity index (χ1v) is 9.73. The number of methoxy groups -OCH3 is 2. The van der Waals surface area contributed by atoms with Gasteiger partial charge in [0, 0.05) is 38.7 Å². The third-order valence-electron chi connectivity index (χ3n) is 4.26. The Morgan fingerprint density at radius 2 is 1.85 bits per heavy atom. The Balaban J connectivity index is 1.78. The molecule has 9 nitrogen and oxygen atoms in total. The molecule has 0 saturated carbocycles. The molecular formula is C16H22N4O5S. The average Bonchev–Trinajstić information content (AvgIpc) is 3.16. The van der Waals surface area contributed by atoms with Crippen LogP contribution in [0.2, 0.25) is 0 Å². The van der Waals surface area contributed by atoms with Gasteiger partial charge in [-0.2, -0.15) is 4.31 Å². The summed E-state index contributed by atoms with van der Waals surface area (Å²) in [4.78, 5) is 1.99. The molecule has 10 heteroatoms. The number of sulfonamides is 1. The van der Waals surface area contributed by atoms with Crippen LogP contribution in [0.15, 0.2) is 27.5 Å². The lowest BCUT2D eigenvalue weighted by molar-refractivity contribution is 0.361. The summed E-state index contributed by atoms with van der Waals surface area (Å²) < 4.78 is 43.4. The number of piperazine rings is 1. The molecule has 0 radical (unpaired) electrons. The molecule has 1 aliphatic heterocycles. The molecule has 2 aromatic rings. The third-order valence-corrected chi connectivity index (χ3v) is 6.18. The fourth-order valence-corrected chi connectivity index (χ4v) is 4.35. The van der Waals surface area contributed by atoms with Crippen LogP contribution in [0.5, 0.6) is 11.5 Å². The quantitative estimate of drug-likeness (QED) is 0.734. The molecule has 0 N–H and O–H groups in total. The van der Waals surface area contributed by atoms with Gasteiger partial charge in [-0.05, 0) is 12.1 Å². The van der Waals surface area contributed by atoms with E-state index in [4.69, 9.17) is 13.9 Å². The molecule has 1 saturated heterocycles. The van der Waals surface area contributed by atoms with Crippen molar-refractivity contribution in [3.05, 3.63) is 24.1 Å². The Bertz CT molecular complexity index is 859. The highest BCUT2D eigenvalue weighted by molar-refractivity contribution is 7.89. The second-order valence-corrected chi connectivity index (χ2v) is 7.65. The molecule has 3 rings (SSSR count). The van der Waals surface area contributed by atoms with Crippen LogP contribution in [0.1, 0.15) is 12.8 Å². The summed E-state index contributed by atoms with van der Waals surface area (Å²) in [5.74, 6) is 1.31. The van der Waals surface area contributed by atoms with E-state index in [0.29, 0.717) is 50.3 Å². The Kier molecular flexibility index (Phi) is 5.33. The van der Waals surface area contributed by atoms with Crippen molar-refractivity contribution in [3.63, 3.8) is 0 Å². The lowest BCUT2D eigenvalue weighted by Crippen LogP contribution is -2.48. The summed E-state index contributed by atoms with van der Waals surface area (Å²) >= 11 is 0. The summed E-state index contributed by atoms with van der Waals surface area (Å²) in [5, 5.41) is 7.96. The smallest absolute Gasteiger partial charge is 0.318 e. The molecule has 0 bridgehead atoms. The molecule has 0 unspecified atom stereocenters. The van der Waals surface area contributed by atoms with Crippen LogP contribution in [0.25, 0.3) is 0 Å². The van der Waals surface area contributed by atoms with Gasteiger partial charge in [0.1, 0.15) is 16.4 Å². The van der Waals surface area contributed by atoms with Gasteiger partial charge >= 0.3 is 6.01 Å². The Morgan fingerprint density at radius 3 is 2.42 bits per heavy atom. The second-order valence-electron chi connectivity index (χ2n) is 5.74. The number of hydrogen-bond donors (Lipinski definition) is 0. The number of nitrogens with zero attached hydrogens (tertiary/aromatic N) is 4. The van der Waals surface area contributed by atoms with Gasteiger partial charge in [0.05, 0.1) is 14.2 Å². The number of rotatable bonds is 6. The molecule has 26 heavy (non-hydrogen) atoms. The van der Waals surface area contributed by atoms with Gasteiger partial charge < -0.3 is 18.8 Å². The maximum Gasteiger partial charge on any atom is 0.318 e. The van der Waals surface area contributed by atoms with Gasteiger partial charge in [0.2, 0.25) is 15.9 Å². The Labute approximate surface area is 152 Å². The molecule has 1 fully saturated rings. The van der Waals surface area contributed by atoms with E-state index in [-0.39, 0.29) is 10.6 Å². The van der Waals surface area contributed by atoms with Crippen molar-refractivity contribution in [1.29, 1.82) is 0 Å². The monoisotopic (exact) mass is 382 g/mol. The first kappa shape index (κ1) is 18.5. The fraction of sp³-hybridized carbons (Fsp3) is 0.500. The van der Waals surface area contributed by atoms with Crippen LogP contribution in [0.3, 0.4) is 0 Å². The Morgan fingerprint density at radius 1 is 1.12 bits per heavy atom. The van der Waals surface area contributed by atoms with Crippen molar-refractivity contribution in [1.82, 2.24) is 14.5 Å². The fourth-order valence-electron chi connectivity index (χ4n) is 2.76. The van der Waals surface area contributed by atoms with E-state index < -0.39 is 10.0 Å².